The maximum atomic E-state index is 12.9. The molecule has 5 heteroatoms. The number of hydrogen-bond acceptors (Lipinski definition) is 3. The lowest BCUT2D eigenvalue weighted by molar-refractivity contribution is 0.0688. The molecule has 0 unspecified atom stereocenters. The van der Waals surface area contributed by atoms with Crippen molar-refractivity contribution >= 4 is 18.3 Å². The second kappa shape index (κ2) is 9.44. The fraction of sp³-hybridized carbons (Fsp3) is 0.350. The summed E-state index contributed by atoms with van der Waals surface area (Å²) in [4.78, 5) is 14.8. The maximum Gasteiger partial charge on any atom is 0.257 e. The Morgan fingerprint density at radius 2 is 1.72 bits per heavy atom. The Labute approximate surface area is 155 Å². The highest BCUT2D eigenvalue weighted by molar-refractivity contribution is 5.97. The van der Waals surface area contributed by atoms with Crippen molar-refractivity contribution in [3.63, 3.8) is 0 Å². The van der Waals surface area contributed by atoms with Crippen LogP contribution in [0.15, 0.2) is 54.6 Å². The Hall–Kier alpha value is -2.04. The molecule has 0 aromatic heterocycles. The molecule has 1 saturated heterocycles. The molecule has 0 atom stereocenters. The molecule has 3 rings (SSSR count). The number of amides is 1. The first kappa shape index (κ1) is 19.3. The van der Waals surface area contributed by atoms with E-state index in [1.54, 1.807) is 0 Å². The molecule has 134 valence electrons. The number of para-hydroxylation sites is 2. The van der Waals surface area contributed by atoms with Crippen LogP contribution in [0.1, 0.15) is 23.2 Å². The van der Waals surface area contributed by atoms with Gasteiger partial charge >= 0.3 is 0 Å². The lowest BCUT2D eigenvalue weighted by Gasteiger charge is -2.32. The lowest BCUT2D eigenvalue weighted by Crippen LogP contribution is -2.40. The molecule has 0 bridgehead atoms. The van der Waals surface area contributed by atoms with E-state index in [9.17, 15) is 4.79 Å². The monoisotopic (exact) mass is 360 g/mol. The molecule has 0 spiro atoms. The van der Waals surface area contributed by atoms with Gasteiger partial charge in [-0.1, -0.05) is 30.3 Å². The van der Waals surface area contributed by atoms with Gasteiger partial charge in [0.15, 0.2) is 0 Å². The first-order valence-corrected chi connectivity index (χ1v) is 8.53. The topological polar surface area (TPSA) is 41.6 Å². The predicted molar refractivity (Wildman–Crippen MR) is 103 cm³/mol. The summed E-state index contributed by atoms with van der Waals surface area (Å²) < 4.78 is 5.92. The summed E-state index contributed by atoms with van der Waals surface area (Å²) in [5, 5.41) is 3.23. The van der Waals surface area contributed by atoms with E-state index in [1.165, 1.54) is 0 Å². The van der Waals surface area contributed by atoms with E-state index < -0.39 is 0 Å². The van der Waals surface area contributed by atoms with Crippen molar-refractivity contribution in [2.24, 2.45) is 5.92 Å². The largest absolute Gasteiger partial charge is 0.457 e. The fourth-order valence-corrected chi connectivity index (χ4v) is 3.15. The molecule has 1 N–H and O–H groups in total. The first-order chi connectivity index (χ1) is 11.8. The van der Waals surface area contributed by atoms with Gasteiger partial charge in [0.1, 0.15) is 11.5 Å². The molecule has 2 aromatic rings. The van der Waals surface area contributed by atoms with Gasteiger partial charge in [-0.05, 0) is 56.6 Å². The molecule has 1 aliphatic heterocycles. The van der Waals surface area contributed by atoms with Crippen LogP contribution in [0.2, 0.25) is 0 Å². The smallest absolute Gasteiger partial charge is 0.257 e. The highest BCUT2D eigenvalue weighted by atomic mass is 35.5. The number of rotatable bonds is 5. The minimum absolute atomic E-state index is 0. The summed E-state index contributed by atoms with van der Waals surface area (Å²) in [6.07, 6.45) is 2.10. The van der Waals surface area contributed by atoms with Crippen LogP contribution in [0.4, 0.5) is 0 Å². The maximum absolute atomic E-state index is 12.9. The first-order valence-electron chi connectivity index (χ1n) is 8.53. The van der Waals surface area contributed by atoms with Gasteiger partial charge in [0.25, 0.3) is 5.91 Å². The zero-order valence-corrected chi connectivity index (χ0v) is 15.3. The van der Waals surface area contributed by atoms with Crippen LogP contribution in [0.5, 0.6) is 11.5 Å². The Balaban J connectivity index is 0.00000225. The molecule has 1 fully saturated rings. The van der Waals surface area contributed by atoms with Gasteiger partial charge in [-0.3, -0.25) is 4.79 Å². The number of likely N-dealkylation sites (tertiary alicyclic amines) is 1. The Morgan fingerprint density at radius 1 is 1.08 bits per heavy atom. The number of nitrogens with one attached hydrogen (secondary N) is 1. The van der Waals surface area contributed by atoms with Gasteiger partial charge in [-0.25, -0.2) is 0 Å². The number of carbonyl (C=O) groups is 1. The number of benzene rings is 2. The Kier molecular flexibility index (Phi) is 7.29. The highest BCUT2D eigenvalue weighted by Gasteiger charge is 2.25. The highest BCUT2D eigenvalue weighted by Crippen LogP contribution is 2.27. The van der Waals surface area contributed by atoms with Crippen LogP contribution in [0, 0.1) is 5.92 Å². The van der Waals surface area contributed by atoms with Crippen molar-refractivity contribution in [2.75, 3.05) is 26.7 Å². The van der Waals surface area contributed by atoms with Crippen LogP contribution >= 0.6 is 12.4 Å². The molecule has 2 aromatic carbocycles. The van der Waals surface area contributed by atoms with E-state index in [4.69, 9.17) is 4.74 Å². The zero-order valence-electron chi connectivity index (χ0n) is 14.5. The van der Waals surface area contributed by atoms with Gasteiger partial charge in [-0.2, -0.15) is 0 Å². The molecular weight excluding hydrogens is 336 g/mol. The third kappa shape index (κ3) is 4.97. The summed E-state index contributed by atoms with van der Waals surface area (Å²) in [6.45, 7) is 2.64. The van der Waals surface area contributed by atoms with Gasteiger partial charge in [0.2, 0.25) is 0 Å². The number of carbonyl (C=O) groups excluding carboxylic acids is 1. The van der Waals surface area contributed by atoms with E-state index in [1.807, 2.05) is 66.5 Å². The standard InChI is InChI=1S/C20H24N2O2.ClH/c1-21-15-16-11-13-22(14-12-16)20(23)18-9-5-6-10-19(18)24-17-7-3-2-4-8-17;/h2-10,16,21H,11-15H2,1H3;1H. The van der Waals surface area contributed by atoms with Gasteiger partial charge < -0.3 is 15.0 Å². The fourth-order valence-electron chi connectivity index (χ4n) is 3.15. The summed E-state index contributed by atoms with van der Waals surface area (Å²) in [5.74, 6) is 2.08. The molecule has 1 heterocycles. The predicted octanol–water partition coefficient (Wildman–Crippen LogP) is 3.97. The van der Waals surface area contributed by atoms with Crippen molar-refractivity contribution < 1.29 is 9.53 Å². The Morgan fingerprint density at radius 3 is 2.40 bits per heavy atom. The second-order valence-corrected chi connectivity index (χ2v) is 6.20. The van der Waals surface area contributed by atoms with E-state index in [-0.39, 0.29) is 18.3 Å². The molecular formula is C20H25ClN2O2. The van der Waals surface area contributed by atoms with Gasteiger partial charge in [0.05, 0.1) is 5.56 Å². The quantitative estimate of drug-likeness (QED) is 0.877. The van der Waals surface area contributed by atoms with E-state index in [0.29, 0.717) is 17.2 Å². The van der Waals surface area contributed by atoms with E-state index >= 15 is 0 Å². The third-order valence-electron chi connectivity index (χ3n) is 4.48. The molecule has 1 amide bonds. The molecule has 25 heavy (non-hydrogen) atoms. The van der Waals surface area contributed by atoms with Crippen molar-refractivity contribution in [3.8, 4) is 11.5 Å². The number of piperidine rings is 1. The number of ether oxygens (including phenoxy) is 1. The minimum Gasteiger partial charge on any atom is -0.457 e. The van der Waals surface area contributed by atoms with Crippen LogP contribution in [0.25, 0.3) is 0 Å². The molecule has 0 aliphatic carbocycles. The normalized spacial score (nSPS) is 14.7. The van der Waals surface area contributed by atoms with Gasteiger partial charge in [-0.15, -0.1) is 12.4 Å². The van der Waals surface area contributed by atoms with Crippen molar-refractivity contribution in [1.82, 2.24) is 10.2 Å². The summed E-state index contributed by atoms with van der Waals surface area (Å²) >= 11 is 0. The average Bonchev–Trinajstić information content (AvgIpc) is 2.63. The SMILES string of the molecule is CNCC1CCN(C(=O)c2ccccc2Oc2ccccc2)CC1.Cl. The average molecular weight is 361 g/mol. The molecule has 4 nitrogen and oxygen atoms in total. The number of hydrogen-bond donors (Lipinski definition) is 1. The van der Waals surface area contributed by atoms with Crippen LogP contribution in [0.3, 0.4) is 0 Å². The Bertz CT molecular complexity index is 670. The van der Waals surface area contributed by atoms with Gasteiger partial charge in [0, 0.05) is 13.1 Å². The lowest BCUT2D eigenvalue weighted by atomic mass is 9.96. The van der Waals surface area contributed by atoms with Crippen LogP contribution in [-0.4, -0.2) is 37.5 Å². The molecule has 0 radical (unpaired) electrons. The second-order valence-electron chi connectivity index (χ2n) is 6.20. The molecule has 0 saturated carbocycles. The minimum atomic E-state index is 0. The number of nitrogens with zero attached hydrogens (tertiary/aromatic N) is 1. The van der Waals surface area contributed by atoms with Crippen LogP contribution < -0.4 is 10.1 Å². The zero-order chi connectivity index (χ0) is 16.8. The van der Waals surface area contributed by atoms with E-state index in [0.717, 1.165) is 38.2 Å². The number of halogens is 1. The van der Waals surface area contributed by atoms with Crippen molar-refractivity contribution in [1.29, 1.82) is 0 Å². The van der Waals surface area contributed by atoms with Crippen molar-refractivity contribution in [3.05, 3.63) is 60.2 Å². The summed E-state index contributed by atoms with van der Waals surface area (Å²) in [5.41, 5.74) is 0.633. The van der Waals surface area contributed by atoms with Crippen LogP contribution in [-0.2, 0) is 0 Å². The van der Waals surface area contributed by atoms with E-state index in [2.05, 4.69) is 5.32 Å². The third-order valence-corrected chi connectivity index (χ3v) is 4.48. The summed E-state index contributed by atoms with van der Waals surface area (Å²) in [6, 6.07) is 17.1. The summed E-state index contributed by atoms with van der Waals surface area (Å²) in [7, 11) is 1.98. The van der Waals surface area contributed by atoms with Crippen molar-refractivity contribution in [2.45, 2.75) is 12.8 Å². The molecule has 1 aliphatic rings.